The fraction of sp³-hybridized carbons (Fsp3) is 0.294. The Bertz CT molecular complexity index is 1160. The van der Waals surface area contributed by atoms with Gasteiger partial charge in [-0.3, -0.25) is 0 Å². The van der Waals surface area contributed by atoms with E-state index in [9.17, 15) is 2.74 Å². The van der Waals surface area contributed by atoms with Crippen LogP contribution in [-0.2, 0) is 0 Å². The van der Waals surface area contributed by atoms with Gasteiger partial charge in [0.15, 0.2) is 0 Å². The summed E-state index contributed by atoms with van der Waals surface area (Å²) in [6.45, 7) is -6.14. The number of likely N-dealkylation sites (N-methyl/N-ethyl adjacent to an activating group) is 1. The first-order chi connectivity index (χ1) is 14.9. The molecule has 3 heteroatoms. The van der Waals surface area contributed by atoms with Crippen molar-refractivity contribution in [1.82, 2.24) is 4.90 Å². The SMILES string of the molecule is [2H]c1c([2H])c([2H])c2c(c1[2H])Oc1c([2H])c([2H])c(Cl)c([2H])c1[C@]1([2H])C([2H])([2H])N(C)C([2H])([2H])[C@@]21[2H]. The van der Waals surface area contributed by atoms with Gasteiger partial charge in [0.1, 0.15) is 11.5 Å². The maximum atomic E-state index is 9.27. The smallest absolute Gasteiger partial charge is 0.131 e. The molecule has 0 radical (unpaired) electrons. The first kappa shape index (κ1) is 4.75. The normalized spacial score (nSPS) is 46.0. The van der Waals surface area contributed by atoms with Crippen molar-refractivity contribution in [3.05, 3.63) is 58.4 Å². The minimum atomic E-state index is -3.13. The number of benzene rings is 2. The minimum absolute atomic E-state index is 0.450. The van der Waals surface area contributed by atoms with Crippen LogP contribution in [0.4, 0.5) is 0 Å². The summed E-state index contributed by atoms with van der Waals surface area (Å²) >= 11 is 6.04. The fourth-order valence-corrected chi connectivity index (χ4v) is 2.26. The molecule has 2 aromatic rings. The predicted octanol–water partition coefficient (Wildman–Crippen LogP) is 4.26. The largest absolute Gasteiger partial charge is 0.457 e. The molecular weight excluding hydrogens is 270 g/mol. The molecule has 102 valence electrons. The second-order valence-corrected chi connectivity index (χ2v) is 4.61. The second-order valence-electron chi connectivity index (χ2n) is 4.23. The average Bonchev–Trinajstić information content (AvgIpc) is 2.82. The Morgan fingerprint density at radius 3 is 2.75 bits per heavy atom. The highest BCUT2D eigenvalue weighted by Crippen LogP contribution is 2.49. The number of hydrogen-bond acceptors (Lipinski definition) is 2. The van der Waals surface area contributed by atoms with Crippen LogP contribution in [0.1, 0.15) is 40.7 Å². The van der Waals surface area contributed by atoms with E-state index >= 15 is 0 Å². The lowest BCUT2D eigenvalue weighted by atomic mass is 9.84. The van der Waals surface area contributed by atoms with Crippen LogP contribution >= 0.6 is 11.6 Å². The van der Waals surface area contributed by atoms with Gasteiger partial charge in [-0.05, 0) is 36.8 Å². The zero-order valence-corrected chi connectivity index (χ0v) is 11.0. The van der Waals surface area contributed by atoms with E-state index in [0.717, 1.165) is 7.05 Å². The van der Waals surface area contributed by atoms with E-state index in [1.165, 1.54) is 0 Å². The molecule has 2 atom stereocenters. The Balaban J connectivity index is 2.39. The van der Waals surface area contributed by atoms with Gasteiger partial charge < -0.3 is 9.64 Å². The van der Waals surface area contributed by atoms with Crippen molar-refractivity contribution in [2.75, 3.05) is 20.0 Å². The quantitative estimate of drug-likeness (QED) is 0.720. The molecule has 0 N–H and O–H groups in total. The van der Waals surface area contributed by atoms with E-state index in [-0.39, 0.29) is 0 Å². The van der Waals surface area contributed by atoms with Crippen molar-refractivity contribution in [2.45, 2.75) is 11.8 Å². The molecule has 2 heterocycles. The number of para-hydroxylation sites is 1. The molecule has 1 saturated heterocycles. The molecule has 0 spiro atoms. The monoisotopic (exact) mass is 298 g/mol. The van der Waals surface area contributed by atoms with Crippen LogP contribution in [-0.4, -0.2) is 24.9 Å². The zero-order chi connectivity index (χ0) is 25.2. The van der Waals surface area contributed by atoms with E-state index in [1.54, 1.807) is 0 Å². The van der Waals surface area contributed by atoms with Gasteiger partial charge in [0.2, 0.25) is 0 Å². The van der Waals surface area contributed by atoms with Crippen LogP contribution in [0, 0.1) is 0 Å². The number of rotatable bonds is 0. The Kier molecular flexibility index (Phi) is 1.07. The Labute approximate surface area is 142 Å². The number of fused-ring (bicyclic) bond motifs is 5. The minimum Gasteiger partial charge on any atom is -0.457 e. The molecule has 2 aliphatic rings. The van der Waals surface area contributed by atoms with E-state index in [0.29, 0.717) is 4.90 Å². The summed E-state index contributed by atoms with van der Waals surface area (Å²) in [5, 5.41) is -0.646. The summed E-state index contributed by atoms with van der Waals surface area (Å²) in [5.74, 6) is -7.80. The number of hydrogen-bond donors (Lipinski definition) is 0. The maximum absolute atomic E-state index is 9.27. The van der Waals surface area contributed by atoms with Crippen LogP contribution in [0.2, 0.25) is 5.02 Å². The third-order valence-electron chi connectivity index (χ3n) is 2.91. The fourth-order valence-electron chi connectivity index (χ4n) is 2.12. The summed E-state index contributed by atoms with van der Waals surface area (Å²) in [4.78, 5) is 0.450. The zero-order valence-electron chi connectivity index (χ0n) is 23.2. The Morgan fingerprint density at radius 1 is 1.20 bits per heavy atom. The molecule has 0 saturated carbocycles. The molecule has 1 fully saturated rings. The molecule has 2 aliphatic heterocycles. The van der Waals surface area contributed by atoms with Gasteiger partial charge in [0.05, 0.1) is 9.60 Å². The first-order valence-corrected chi connectivity index (χ1v) is 6.12. The van der Waals surface area contributed by atoms with Crippen molar-refractivity contribution in [1.29, 1.82) is 0 Å². The Morgan fingerprint density at radius 2 is 1.90 bits per heavy atom. The van der Waals surface area contributed by atoms with Crippen molar-refractivity contribution < 1.29 is 22.6 Å². The van der Waals surface area contributed by atoms with Crippen LogP contribution in [0.15, 0.2) is 42.3 Å². The summed E-state index contributed by atoms with van der Waals surface area (Å²) in [5.41, 5.74) is -1.63. The summed E-state index contributed by atoms with van der Waals surface area (Å²) < 4.78 is 116. The molecule has 0 aromatic heterocycles. The highest BCUT2D eigenvalue weighted by Gasteiger charge is 2.38. The van der Waals surface area contributed by atoms with Gasteiger partial charge in [0.25, 0.3) is 0 Å². The summed E-state index contributed by atoms with van der Waals surface area (Å²) in [6.07, 6.45) is 0. The van der Waals surface area contributed by atoms with Gasteiger partial charge in [0, 0.05) is 43.6 Å². The van der Waals surface area contributed by atoms with Gasteiger partial charge in [-0.2, -0.15) is 0 Å². The third-order valence-corrected chi connectivity index (χ3v) is 3.10. The van der Waals surface area contributed by atoms with Crippen LogP contribution in [0.25, 0.3) is 0 Å². The molecular formula is C17H16ClNO. The van der Waals surface area contributed by atoms with E-state index in [1.807, 2.05) is 0 Å². The number of likely N-dealkylation sites (tertiary alicyclic amines) is 1. The molecule has 4 rings (SSSR count). The topological polar surface area (TPSA) is 12.5 Å². The van der Waals surface area contributed by atoms with Crippen molar-refractivity contribution in [3.63, 3.8) is 0 Å². The lowest BCUT2D eigenvalue weighted by Gasteiger charge is -2.17. The second kappa shape index (κ2) is 4.51. The third kappa shape index (κ3) is 1.83. The standard InChI is InChI=1S/C17H16ClNO/c1-19-9-14-12-4-2-3-5-16(12)20-17-7-6-11(18)8-13(17)15(14)10-19/h2-8,14-15H,9-10H2,1H3/t14-,15-/m0/s1/i2D,3D,4D,5D,6D,7D,8D,9D2,10D2,14D,15D. The van der Waals surface area contributed by atoms with E-state index in [4.69, 9.17) is 31.4 Å². The number of ether oxygens (including phenoxy) is 1. The molecule has 0 bridgehead atoms. The molecule has 0 aliphatic carbocycles. The molecule has 20 heavy (non-hydrogen) atoms. The van der Waals surface area contributed by atoms with E-state index in [2.05, 4.69) is 0 Å². The Hall–Kier alpha value is -1.51. The van der Waals surface area contributed by atoms with Crippen molar-refractivity contribution in [2.24, 2.45) is 0 Å². The van der Waals surface area contributed by atoms with Gasteiger partial charge in [-0.25, -0.2) is 0 Å². The lowest BCUT2D eigenvalue weighted by Crippen LogP contribution is -2.14. The summed E-state index contributed by atoms with van der Waals surface area (Å²) in [6, 6.07) is -5.76. The predicted molar refractivity (Wildman–Crippen MR) is 80.9 cm³/mol. The van der Waals surface area contributed by atoms with Crippen LogP contribution in [0.3, 0.4) is 0 Å². The molecule has 0 unspecified atom stereocenters. The van der Waals surface area contributed by atoms with Gasteiger partial charge >= 0.3 is 0 Å². The van der Waals surface area contributed by atoms with E-state index < -0.39 is 94.7 Å². The summed E-state index contributed by atoms with van der Waals surface area (Å²) in [7, 11) is 0.971. The highest BCUT2D eigenvalue weighted by molar-refractivity contribution is 6.30. The average molecular weight is 299 g/mol. The van der Waals surface area contributed by atoms with Crippen molar-refractivity contribution >= 4 is 11.6 Å². The van der Waals surface area contributed by atoms with Gasteiger partial charge in [-0.1, -0.05) is 29.7 Å². The number of halogens is 1. The van der Waals surface area contributed by atoms with Crippen molar-refractivity contribution in [3.8, 4) is 11.5 Å². The van der Waals surface area contributed by atoms with Gasteiger partial charge in [-0.15, -0.1) is 0 Å². The van der Waals surface area contributed by atoms with Crippen LogP contribution < -0.4 is 4.74 Å². The number of nitrogens with zero attached hydrogens (tertiary/aromatic N) is 1. The maximum Gasteiger partial charge on any atom is 0.131 e. The van der Waals surface area contributed by atoms with Crippen LogP contribution in [0.5, 0.6) is 11.5 Å². The molecule has 2 nitrogen and oxygen atoms in total. The lowest BCUT2D eigenvalue weighted by molar-refractivity contribution is 0.401. The highest BCUT2D eigenvalue weighted by atomic mass is 35.5. The molecule has 0 amide bonds. The first-order valence-electron chi connectivity index (χ1n) is 12.2. The molecule has 2 aromatic carbocycles.